The number of carbonyl (C=O) groups is 1. The van der Waals surface area contributed by atoms with Gasteiger partial charge < -0.3 is 15.0 Å². The first-order valence-corrected chi connectivity index (χ1v) is 9.73. The van der Waals surface area contributed by atoms with Crippen LogP contribution in [-0.4, -0.2) is 17.6 Å². The van der Waals surface area contributed by atoms with Gasteiger partial charge in [-0.2, -0.15) is 0 Å². The molecule has 1 saturated carbocycles. The maximum Gasteiger partial charge on any atom is 0.251 e. The molecule has 0 bridgehead atoms. The summed E-state index contributed by atoms with van der Waals surface area (Å²) in [5.41, 5.74) is 10.7. The molecule has 0 unspecified atom stereocenters. The molecule has 4 nitrogen and oxygen atoms in total. The van der Waals surface area contributed by atoms with Crippen molar-refractivity contribution in [2.24, 2.45) is 11.7 Å². The normalized spacial score (nSPS) is 15.2. The smallest absolute Gasteiger partial charge is 0.251 e. The third kappa shape index (κ3) is 3.50. The van der Waals surface area contributed by atoms with Crippen LogP contribution in [0, 0.1) is 12.8 Å². The van der Waals surface area contributed by atoms with E-state index >= 15 is 0 Å². The predicted octanol–water partition coefficient (Wildman–Crippen LogP) is 4.71. The Bertz CT molecular complexity index is 768. The fraction of sp³-hybridized carbons (Fsp3) is 0.500. The van der Waals surface area contributed by atoms with Crippen LogP contribution in [0.15, 0.2) is 24.3 Å². The summed E-state index contributed by atoms with van der Waals surface area (Å²) in [5, 5.41) is 0. The molecule has 26 heavy (non-hydrogen) atoms. The van der Waals surface area contributed by atoms with E-state index in [4.69, 9.17) is 10.5 Å². The zero-order chi connectivity index (χ0) is 18.7. The monoisotopic (exact) mass is 354 g/mol. The van der Waals surface area contributed by atoms with Gasteiger partial charge in [0.1, 0.15) is 5.75 Å². The topological polar surface area (TPSA) is 57.2 Å². The SMILES string of the molecule is CCc1c(-c2ccc(OC)cc2)c(C(N)=O)c(C)n1CC1CCCCC1. The number of ether oxygens (including phenoxy) is 1. The second-order valence-corrected chi connectivity index (χ2v) is 7.34. The zero-order valence-corrected chi connectivity index (χ0v) is 16.2. The summed E-state index contributed by atoms with van der Waals surface area (Å²) >= 11 is 0. The van der Waals surface area contributed by atoms with E-state index in [0.29, 0.717) is 11.5 Å². The minimum absolute atomic E-state index is 0.342. The summed E-state index contributed by atoms with van der Waals surface area (Å²) in [6, 6.07) is 7.91. The third-order valence-corrected chi connectivity index (χ3v) is 5.76. The van der Waals surface area contributed by atoms with E-state index in [9.17, 15) is 4.79 Å². The Balaban J connectivity index is 2.09. The summed E-state index contributed by atoms with van der Waals surface area (Å²) in [4.78, 5) is 12.3. The lowest BCUT2D eigenvalue weighted by Crippen LogP contribution is -2.17. The van der Waals surface area contributed by atoms with Crippen molar-refractivity contribution < 1.29 is 9.53 Å². The first kappa shape index (κ1) is 18.6. The van der Waals surface area contributed by atoms with E-state index in [1.165, 1.54) is 37.8 Å². The first-order chi connectivity index (χ1) is 12.6. The van der Waals surface area contributed by atoms with Crippen LogP contribution in [0.4, 0.5) is 0 Å². The summed E-state index contributed by atoms with van der Waals surface area (Å²) < 4.78 is 7.63. The van der Waals surface area contributed by atoms with Crippen LogP contribution < -0.4 is 10.5 Å². The summed E-state index contributed by atoms with van der Waals surface area (Å²) in [6.45, 7) is 5.19. The Labute approximate surface area is 156 Å². The van der Waals surface area contributed by atoms with E-state index in [2.05, 4.69) is 11.5 Å². The number of primary amides is 1. The number of nitrogens with two attached hydrogens (primary N) is 1. The molecule has 0 atom stereocenters. The van der Waals surface area contributed by atoms with Gasteiger partial charge in [-0.1, -0.05) is 38.3 Å². The van der Waals surface area contributed by atoms with Gasteiger partial charge in [0.25, 0.3) is 5.91 Å². The van der Waals surface area contributed by atoms with Gasteiger partial charge in [0.15, 0.2) is 0 Å². The molecule has 1 fully saturated rings. The van der Waals surface area contributed by atoms with Gasteiger partial charge in [-0.25, -0.2) is 0 Å². The molecule has 0 spiro atoms. The molecular formula is C22H30N2O2. The number of nitrogens with zero attached hydrogens (tertiary/aromatic N) is 1. The molecule has 1 aliphatic rings. The van der Waals surface area contributed by atoms with Gasteiger partial charge in [-0.15, -0.1) is 0 Å². The van der Waals surface area contributed by atoms with Crippen molar-refractivity contribution in [1.82, 2.24) is 4.57 Å². The van der Waals surface area contributed by atoms with E-state index < -0.39 is 0 Å². The Morgan fingerprint density at radius 2 is 1.85 bits per heavy atom. The molecule has 140 valence electrons. The first-order valence-electron chi connectivity index (χ1n) is 9.73. The highest BCUT2D eigenvalue weighted by Gasteiger charge is 2.25. The average molecular weight is 354 g/mol. The average Bonchev–Trinajstić information content (AvgIpc) is 2.94. The number of amides is 1. The second-order valence-electron chi connectivity index (χ2n) is 7.34. The van der Waals surface area contributed by atoms with E-state index in [1.807, 2.05) is 31.2 Å². The molecule has 0 radical (unpaired) electrons. The number of hydrogen-bond acceptors (Lipinski definition) is 2. The Morgan fingerprint density at radius 3 is 2.38 bits per heavy atom. The molecule has 4 heteroatoms. The number of rotatable bonds is 6. The highest BCUT2D eigenvalue weighted by molar-refractivity contribution is 6.02. The molecule has 0 saturated heterocycles. The lowest BCUT2D eigenvalue weighted by atomic mass is 9.89. The van der Waals surface area contributed by atoms with Crippen molar-refractivity contribution in [3.63, 3.8) is 0 Å². The Hall–Kier alpha value is -2.23. The van der Waals surface area contributed by atoms with Gasteiger partial charge in [-0.3, -0.25) is 4.79 Å². The molecule has 1 aliphatic carbocycles. The Kier molecular flexibility index (Phi) is 5.70. The maximum atomic E-state index is 12.3. The molecular weight excluding hydrogens is 324 g/mol. The molecule has 3 rings (SSSR count). The van der Waals surface area contributed by atoms with Gasteiger partial charge >= 0.3 is 0 Å². The third-order valence-electron chi connectivity index (χ3n) is 5.76. The molecule has 2 aromatic rings. The molecule has 1 aromatic heterocycles. The van der Waals surface area contributed by atoms with Crippen molar-refractivity contribution in [2.75, 3.05) is 7.11 Å². The standard InChI is InChI=1S/C22H30N2O2/c1-4-19-21(17-10-12-18(26-3)13-11-17)20(22(23)25)15(2)24(19)14-16-8-6-5-7-9-16/h10-13,16H,4-9,14H2,1-3H3,(H2,23,25). The Morgan fingerprint density at radius 1 is 1.19 bits per heavy atom. The lowest BCUT2D eigenvalue weighted by molar-refractivity contribution is 0.1000. The summed E-state index contributed by atoms with van der Waals surface area (Å²) in [7, 11) is 1.66. The maximum absolute atomic E-state index is 12.3. The minimum Gasteiger partial charge on any atom is -0.497 e. The van der Waals surface area contributed by atoms with Crippen LogP contribution in [0.5, 0.6) is 5.75 Å². The van der Waals surface area contributed by atoms with Crippen molar-refractivity contribution in [3.8, 4) is 16.9 Å². The second kappa shape index (κ2) is 7.98. The fourth-order valence-electron chi connectivity index (χ4n) is 4.41. The van der Waals surface area contributed by atoms with E-state index in [-0.39, 0.29) is 5.91 Å². The van der Waals surface area contributed by atoms with Crippen molar-refractivity contribution in [2.45, 2.75) is 58.9 Å². The van der Waals surface area contributed by atoms with Gasteiger partial charge in [-0.05, 0) is 49.8 Å². The lowest BCUT2D eigenvalue weighted by Gasteiger charge is -2.24. The fourth-order valence-corrected chi connectivity index (χ4v) is 4.41. The number of aromatic nitrogens is 1. The minimum atomic E-state index is -0.342. The van der Waals surface area contributed by atoms with Crippen LogP contribution in [-0.2, 0) is 13.0 Å². The van der Waals surface area contributed by atoms with Crippen LogP contribution in [0.1, 0.15) is 60.8 Å². The van der Waals surface area contributed by atoms with Gasteiger partial charge in [0.2, 0.25) is 0 Å². The zero-order valence-electron chi connectivity index (χ0n) is 16.2. The molecule has 1 heterocycles. The highest BCUT2D eigenvalue weighted by atomic mass is 16.5. The number of benzene rings is 1. The molecule has 1 amide bonds. The van der Waals surface area contributed by atoms with Crippen molar-refractivity contribution in [1.29, 1.82) is 0 Å². The van der Waals surface area contributed by atoms with Gasteiger partial charge in [0.05, 0.1) is 12.7 Å². The summed E-state index contributed by atoms with van der Waals surface area (Å²) in [5.74, 6) is 1.17. The highest BCUT2D eigenvalue weighted by Crippen LogP contribution is 2.36. The molecule has 1 aromatic carbocycles. The van der Waals surface area contributed by atoms with Crippen LogP contribution in [0.2, 0.25) is 0 Å². The molecule has 0 aliphatic heterocycles. The number of hydrogen-bond donors (Lipinski definition) is 1. The summed E-state index contributed by atoms with van der Waals surface area (Å²) in [6.07, 6.45) is 7.43. The van der Waals surface area contributed by atoms with Crippen molar-refractivity contribution in [3.05, 3.63) is 41.2 Å². The van der Waals surface area contributed by atoms with Crippen LogP contribution in [0.25, 0.3) is 11.1 Å². The van der Waals surface area contributed by atoms with E-state index in [1.54, 1.807) is 7.11 Å². The number of carbonyl (C=O) groups excluding carboxylic acids is 1. The molecule has 2 N–H and O–H groups in total. The van der Waals surface area contributed by atoms with Crippen LogP contribution in [0.3, 0.4) is 0 Å². The van der Waals surface area contributed by atoms with E-state index in [0.717, 1.165) is 35.5 Å². The van der Waals surface area contributed by atoms with Crippen LogP contribution >= 0.6 is 0 Å². The predicted molar refractivity (Wildman–Crippen MR) is 106 cm³/mol. The van der Waals surface area contributed by atoms with Crippen molar-refractivity contribution >= 4 is 5.91 Å². The van der Waals surface area contributed by atoms with Gasteiger partial charge in [0, 0.05) is 23.5 Å². The quantitative estimate of drug-likeness (QED) is 0.816. The largest absolute Gasteiger partial charge is 0.497 e. The number of methoxy groups -OCH3 is 1.